The molecule has 0 aromatic heterocycles. The van der Waals surface area contributed by atoms with Crippen molar-refractivity contribution in [3.8, 4) is 0 Å². The van der Waals surface area contributed by atoms with E-state index in [4.69, 9.17) is 9.47 Å². The molecule has 0 saturated carbocycles. The lowest BCUT2D eigenvalue weighted by Crippen LogP contribution is -2.48. The molecule has 2 saturated heterocycles. The summed E-state index contributed by atoms with van der Waals surface area (Å²) in [5, 5.41) is 9.98. The van der Waals surface area contributed by atoms with Crippen molar-refractivity contribution < 1.29 is 33.8 Å². The van der Waals surface area contributed by atoms with Gasteiger partial charge in [-0.05, 0) is 37.8 Å². The molecule has 9 heteroatoms. The van der Waals surface area contributed by atoms with Gasteiger partial charge < -0.3 is 14.6 Å². The molecule has 40 heavy (non-hydrogen) atoms. The monoisotopic (exact) mass is 556 g/mol. The van der Waals surface area contributed by atoms with Gasteiger partial charge in [-0.15, -0.1) is 0 Å². The molecule has 2 fully saturated rings. The maximum atomic E-state index is 12.5. The summed E-state index contributed by atoms with van der Waals surface area (Å²) in [6, 6.07) is 18.9. The maximum absolute atomic E-state index is 12.5. The number of carbonyl (C=O) groups is 4. The molecule has 2 aliphatic rings. The highest BCUT2D eigenvalue weighted by Crippen LogP contribution is 2.25. The molecule has 2 aromatic carbocycles. The predicted molar refractivity (Wildman–Crippen MR) is 153 cm³/mol. The summed E-state index contributed by atoms with van der Waals surface area (Å²) < 4.78 is 9.96. The summed E-state index contributed by atoms with van der Waals surface area (Å²) in [6.07, 6.45) is 0.380. The van der Waals surface area contributed by atoms with Crippen molar-refractivity contribution in [2.24, 2.45) is 5.92 Å². The number of hydrogen-bond donors (Lipinski definition) is 1. The Morgan fingerprint density at radius 1 is 0.850 bits per heavy atom. The zero-order valence-electron chi connectivity index (χ0n) is 22.3. The van der Waals surface area contributed by atoms with Crippen LogP contribution in [0, 0.1) is 5.92 Å². The summed E-state index contributed by atoms with van der Waals surface area (Å²) in [5.74, 6) is -1.25. The van der Waals surface area contributed by atoms with Crippen molar-refractivity contribution >= 4 is 24.0 Å². The van der Waals surface area contributed by atoms with E-state index in [1.807, 2.05) is 60.7 Å². The van der Waals surface area contributed by atoms with Crippen molar-refractivity contribution in [1.29, 1.82) is 0 Å². The SMILES string of the molecule is C.C.CCC(=O)N1C(=O)OC[C@H]1Cc1ccccc1.C[C@H](C(=O)N1C(=O)OC[C@H]1Cc1ccccc1)C(C)(C)O. The standard InChI is InChI=1S/C16H21NO4.C13H15NO3.2CH4/c1-11(16(2,3)20)14(18)17-13(10-21-15(17)19)9-12-7-5-4-6-8-12;1-2-12(15)14-11(9-17-13(14)16)8-10-6-4-3-5-7-10;;/h4-8,11,13,20H,9-10H2,1-3H3;3-7,11H,2,8-9H2,1H3;2*1H4/t11-,13-;11-;;/m11../s1. The van der Waals surface area contributed by atoms with Gasteiger partial charge in [-0.25, -0.2) is 19.4 Å². The Balaban J connectivity index is 0.000000388. The maximum Gasteiger partial charge on any atom is 0.416 e. The second kappa shape index (κ2) is 15.2. The molecule has 0 radical (unpaired) electrons. The Labute approximate surface area is 238 Å². The highest BCUT2D eigenvalue weighted by molar-refractivity contribution is 5.95. The topological polar surface area (TPSA) is 113 Å². The van der Waals surface area contributed by atoms with E-state index in [-0.39, 0.29) is 39.5 Å². The predicted octanol–water partition coefficient (Wildman–Crippen LogP) is 5.24. The van der Waals surface area contributed by atoms with Crippen LogP contribution in [0.25, 0.3) is 0 Å². The largest absolute Gasteiger partial charge is 0.447 e. The van der Waals surface area contributed by atoms with Gasteiger partial charge in [-0.2, -0.15) is 0 Å². The molecule has 2 aliphatic heterocycles. The van der Waals surface area contributed by atoms with Crippen molar-refractivity contribution in [3.63, 3.8) is 0 Å². The van der Waals surface area contributed by atoms with E-state index in [0.29, 0.717) is 25.9 Å². The van der Waals surface area contributed by atoms with Crippen LogP contribution in [0.3, 0.4) is 0 Å². The Morgan fingerprint density at radius 3 is 1.65 bits per heavy atom. The summed E-state index contributed by atoms with van der Waals surface area (Å²) >= 11 is 0. The molecule has 1 N–H and O–H groups in total. The van der Waals surface area contributed by atoms with Crippen LogP contribution in [0.4, 0.5) is 9.59 Å². The second-order valence-corrected chi connectivity index (χ2v) is 10.0. The fraction of sp³-hybridized carbons (Fsp3) is 0.484. The Hall–Kier alpha value is -3.72. The molecular weight excluding hydrogens is 512 g/mol. The second-order valence-electron chi connectivity index (χ2n) is 10.0. The first-order valence-corrected chi connectivity index (χ1v) is 12.8. The lowest BCUT2D eigenvalue weighted by atomic mass is 9.91. The van der Waals surface area contributed by atoms with Gasteiger partial charge in [-0.1, -0.05) is 89.4 Å². The van der Waals surface area contributed by atoms with E-state index in [1.54, 1.807) is 27.7 Å². The Morgan fingerprint density at radius 2 is 1.25 bits per heavy atom. The normalized spacial score (nSPS) is 18.8. The van der Waals surface area contributed by atoms with E-state index in [1.165, 1.54) is 4.90 Å². The first-order chi connectivity index (χ1) is 18.0. The molecule has 4 rings (SSSR count). The number of amides is 4. The minimum absolute atomic E-state index is 0. The molecule has 0 bridgehead atoms. The average molecular weight is 557 g/mol. The quantitative estimate of drug-likeness (QED) is 0.496. The molecule has 2 aromatic rings. The van der Waals surface area contributed by atoms with Crippen LogP contribution in [0.1, 0.15) is 60.1 Å². The summed E-state index contributed by atoms with van der Waals surface area (Å²) in [6.45, 7) is 6.96. The van der Waals surface area contributed by atoms with Crippen molar-refractivity contribution in [3.05, 3.63) is 71.8 Å². The van der Waals surface area contributed by atoms with Crippen LogP contribution in [-0.4, -0.2) is 69.8 Å². The minimum atomic E-state index is -1.18. The first-order valence-electron chi connectivity index (χ1n) is 12.8. The van der Waals surface area contributed by atoms with Crippen molar-refractivity contribution in [1.82, 2.24) is 9.80 Å². The third-order valence-electron chi connectivity index (χ3n) is 6.79. The molecule has 0 spiro atoms. The summed E-state index contributed by atoms with van der Waals surface area (Å²) in [4.78, 5) is 49.8. The Kier molecular flexibility index (Phi) is 13.0. The number of rotatable bonds is 7. The smallest absolute Gasteiger partial charge is 0.416 e. The van der Waals surface area contributed by atoms with Crippen LogP contribution in [0.5, 0.6) is 0 Å². The number of imide groups is 2. The number of ether oxygens (including phenoxy) is 2. The van der Waals surface area contributed by atoms with Gasteiger partial charge in [-0.3, -0.25) is 9.59 Å². The number of benzene rings is 2. The molecule has 4 amide bonds. The van der Waals surface area contributed by atoms with E-state index in [9.17, 15) is 24.3 Å². The van der Waals surface area contributed by atoms with Crippen LogP contribution in [0.2, 0.25) is 0 Å². The van der Waals surface area contributed by atoms with E-state index in [0.717, 1.165) is 16.0 Å². The fourth-order valence-corrected chi connectivity index (χ4v) is 4.25. The summed E-state index contributed by atoms with van der Waals surface area (Å²) in [7, 11) is 0. The van der Waals surface area contributed by atoms with Gasteiger partial charge in [0.1, 0.15) is 13.2 Å². The zero-order chi connectivity index (χ0) is 27.9. The molecule has 2 heterocycles. The van der Waals surface area contributed by atoms with Crippen molar-refractivity contribution in [2.45, 2.75) is 79.5 Å². The lowest BCUT2D eigenvalue weighted by molar-refractivity contribution is -0.140. The molecule has 0 unspecified atom stereocenters. The highest BCUT2D eigenvalue weighted by atomic mass is 16.6. The number of carbonyl (C=O) groups excluding carboxylic acids is 4. The molecule has 9 nitrogen and oxygen atoms in total. The van der Waals surface area contributed by atoms with Gasteiger partial charge in [0, 0.05) is 6.42 Å². The lowest BCUT2D eigenvalue weighted by Gasteiger charge is -2.29. The van der Waals surface area contributed by atoms with Gasteiger partial charge in [0.15, 0.2) is 0 Å². The van der Waals surface area contributed by atoms with Gasteiger partial charge >= 0.3 is 12.2 Å². The number of aliphatic hydroxyl groups is 1. The molecule has 220 valence electrons. The average Bonchev–Trinajstić information content (AvgIpc) is 3.45. The fourth-order valence-electron chi connectivity index (χ4n) is 4.25. The molecule has 0 aliphatic carbocycles. The first kappa shape index (κ1) is 34.3. The van der Waals surface area contributed by atoms with Crippen LogP contribution >= 0.6 is 0 Å². The van der Waals surface area contributed by atoms with E-state index >= 15 is 0 Å². The molecule has 3 atom stereocenters. The highest BCUT2D eigenvalue weighted by Gasteiger charge is 2.43. The molecular formula is C31H44N2O7. The van der Waals surface area contributed by atoms with Crippen LogP contribution in [0.15, 0.2) is 60.7 Å². The zero-order valence-corrected chi connectivity index (χ0v) is 22.3. The van der Waals surface area contributed by atoms with Crippen LogP contribution in [-0.2, 0) is 31.9 Å². The van der Waals surface area contributed by atoms with Crippen molar-refractivity contribution in [2.75, 3.05) is 13.2 Å². The van der Waals surface area contributed by atoms with Gasteiger partial charge in [0.05, 0.1) is 23.6 Å². The summed E-state index contributed by atoms with van der Waals surface area (Å²) in [5.41, 5.74) is 0.955. The van der Waals surface area contributed by atoms with Gasteiger partial charge in [0.25, 0.3) is 0 Å². The third-order valence-corrected chi connectivity index (χ3v) is 6.79. The van der Waals surface area contributed by atoms with Crippen LogP contribution < -0.4 is 0 Å². The van der Waals surface area contributed by atoms with E-state index < -0.39 is 29.6 Å². The van der Waals surface area contributed by atoms with E-state index in [2.05, 4.69) is 0 Å². The minimum Gasteiger partial charge on any atom is -0.447 e. The Bertz CT molecular complexity index is 1120. The van der Waals surface area contributed by atoms with Gasteiger partial charge in [0.2, 0.25) is 11.8 Å². The third kappa shape index (κ3) is 8.64. The number of hydrogen-bond acceptors (Lipinski definition) is 7. The number of nitrogens with zero attached hydrogens (tertiary/aromatic N) is 2. The number of cyclic esters (lactones) is 2.